The van der Waals surface area contributed by atoms with Crippen LogP contribution in [0.5, 0.6) is 0 Å². The van der Waals surface area contributed by atoms with Gasteiger partial charge in [-0.15, -0.1) is 0 Å². The third kappa shape index (κ3) is 2.80. The van der Waals surface area contributed by atoms with Crippen molar-refractivity contribution in [3.63, 3.8) is 0 Å². The van der Waals surface area contributed by atoms with E-state index in [4.69, 9.17) is 9.47 Å². The van der Waals surface area contributed by atoms with Crippen LogP contribution in [-0.4, -0.2) is 30.8 Å². The van der Waals surface area contributed by atoms with Gasteiger partial charge in [-0.1, -0.05) is 18.2 Å². The zero-order chi connectivity index (χ0) is 15.6. The predicted octanol–water partition coefficient (Wildman–Crippen LogP) is 3.14. The fraction of sp³-hybridized carbons (Fsp3) is 0.529. The first-order valence-corrected chi connectivity index (χ1v) is 7.86. The molecule has 1 saturated carbocycles. The van der Waals surface area contributed by atoms with Gasteiger partial charge in [0.25, 0.3) is 0 Å². The maximum atomic E-state index is 12.2. The van der Waals surface area contributed by atoms with Crippen molar-refractivity contribution in [3.05, 3.63) is 30.3 Å². The lowest BCUT2D eigenvalue weighted by Crippen LogP contribution is -2.40. The van der Waals surface area contributed by atoms with Crippen LogP contribution in [0, 0.1) is 5.92 Å². The van der Waals surface area contributed by atoms with Gasteiger partial charge < -0.3 is 9.47 Å². The maximum Gasteiger partial charge on any atom is 0.415 e. The van der Waals surface area contributed by atoms with Crippen LogP contribution in [0.1, 0.15) is 32.6 Å². The van der Waals surface area contributed by atoms with Crippen molar-refractivity contribution < 1.29 is 19.1 Å². The highest BCUT2D eigenvalue weighted by atomic mass is 16.6. The third-order valence-corrected chi connectivity index (χ3v) is 4.56. The fourth-order valence-corrected chi connectivity index (χ4v) is 3.33. The molecule has 5 heteroatoms. The minimum Gasteiger partial charge on any atom is -0.466 e. The molecule has 2 fully saturated rings. The summed E-state index contributed by atoms with van der Waals surface area (Å²) in [5.74, 6) is -0.184. The summed E-state index contributed by atoms with van der Waals surface area (Å²) in [6.07, 6.45) is 2.57. The van der Waals surface area contributed by atoms with Crippen LogP contribution in [0.15, 0.2) is 30.3 Å². The van der Waals surface area contributed by atoms with Crippen LogP contribution >= 0.6 is 0 Å². The molecule has 0 bridgehead atoms. The minimum atomic E-state index is -0.448. The van der Waals surface area contributed by atoms with Crippen LogP contribution in [0.2, 0.25) is 0 Å². The van der Waals surface area contributed by atoms with Crippen molar-refractivity contribution >= 4 is 17.7 Å². The number of rotatable bonds is 3. The Bertz CT molecular complexity index is 549. The summed E-state index contributed by atoms with van der Waals surface area (Å²) < 4.78 is 10.8. The minimum absolute atomic E-state index is 0.0601. The molecule has 1 aliphatic heterocycles. The van der Waals surface area contributed by atoms with Crippen molar-refractivity contribution in [1.29, 1.82) is 0 Å². The highest BCUT2D eigenvalue weighted by molar-refractivity contribution is 5.90. The molecular weight excluding hydrogens is 282 g/mol. The lowest BCUT2D eigenvalue weighted by atomic mass is 9.78. The highest BCUT2D eigenvalue weighted by Gasteiger charge is 2.48. The Hall–Kier alpha value is -2.04. The van der Waals surface area contributed by atoms with Gasteiger partial charge in [-0.25, -0.2) is 4.79 Å². The molecule has 0 atom stereocenters. The SMILES string of the molecule is CCOC(=O)[C@H]1CC[C@]2(CC1)CN(c1ccccc1)C(=O)O2. The molecule has 22 heavy (non-hydrogen) atoms. The van der Waals surface area contributed by atoms with Crippen LogP contribution in [0.4, 0.5) is 10.5 Å². The van der Waals surface area contributed by atoms with Gasteiger partial charge in [0, 0.05) is 5.69 Å². The summed E-state index contributed by atoms with van der Waals surface area (Å²) in [4.78, 5) is 25.7. The van der Waals surface area contributed by atoms with Gasteiger partial charge >= 0.3 is 12.1 Å². The Kier molecular flexibility index (Phi) is 4.05. The normalized spacial score (nSPS) is 27.8. The fourth-order valence-electron chi connectivity index (χ4n) is 3.33. The molecule has 1 heterocycles. The van der Waals surface area contributed by atoms with E-state index in [0.717, 1.165) is 18.5 Å². The Morgan fingerprint density at radius 3 is 2.64 bits per heavy atom. The summed E-state index contributed by atoms with van der Waals surface area (Å²) >= 11 is 0. The van der Waals surface area contributed by atoms with Crippen LogP contribution in [0.25, 0.3) is 0 Å². The summed E-state index contributed by atoms with van der Waals surface area (Å²) in [5.41, 5.74) is 0.410. The first-order valence-electron chi connectivity index (χ1n) is 7.86. The van der Waals surface area contributed by atoms with Crippen LogP contribution in [0.3, 0.4) is 0 Å². The van der Waals surface area contributed by atoms with E-state index in [0.29, 0.717) is 26.0 Å². The van der Waals surface area contributed by atoms with Crippen LogP contribution in [-0.2, 0) is 14.3 Å². The molecule has 0 radical (unpaired) electrons. The number of para-hydroxylation sites is 1. The number of benzene rings is 1. The van der Waals surface area contributed by atoms with E-state index < -0.39 is 5.60 Å². The van der Waals surface area contributed by atoms with E-state index in [1.54, 1.807) is 4.90 Å². The topological polar surface area (TPSA) is 55.8 Å². The molecule has 0 N–H and O–H groups in total. The number of nitrogens with zero attached hydrogens (tertiary/aromatic N) is 1. The monoisotopic (exact) mass is 303 g/mol. The Morgan fingerprint density at radius 1 is 1.32 bits per heavy atom. The van der Waals surface area contributed by atoms with Gasteiger partial charge in [-0.3, -0.25) is 9.69 Å². The summed E-state index contributed by atoms with van der Waals surface area (Å²) in [7, 11) is 0. The largest absolute Gasteiger partial charge is 0.466 e. The Labute approximate surface area is 130 Å². The number of ether oxygens (including phenoxy) is 2. The molecule has 1 aromatic carbocycles. The number of anilines is 1. The van der Waals surface area contributed by atoms with E-state index in [-0.39, 0.29) is 18.0 Å². The predicted molar refractivity (Wildman–Crippen MR) is 81.6 cm³/mol. The molecule has 1 aliphatic carbocycles. The molecule has 5 nitrogen and oxygen atoms in total. The van der Waals surface area contributed by atoms with Crippen molar-refractivity contribution in [1.82, 2.24) is 0 Å². The summed E-state index contributed by atoms with van der Waals surface area (Å²) in [5, 5.41) is 0. The lowest BCUT2D eigenvalue weighted by molar-refractivity contribution is -0.150. The van der Waals surface area contributed by atoms with Gasteiger partial charge in [0.2, 0.25) is 0 Å². The Morgan fingerprint density at radius 2 is 2.00 bits per heavy atom. The van der Waals surface area contributed by atoms with Crippen molar-refractivity contribution in [2.75, 3.05) is 18.1 Å². The second kappa shape index (κ2) is 5.99. The van der Waals surface area contributed by atoms with Crippen LogP contribution < -0.4 is 4.90 Å². The highest BCUT2D eigenvalue weighted by Crippen LogP contribution is 2.41. The van der Waals surface area contributed by atoms with Crippen molar-refractivity contribution in [2.45, 2.75) is 38.2 Å². The van der Waals surface area contributed by atoms with Gasteiger partial charge in [0.15, 0.2) is 0 Å². The molecule has 0 unspecified atom stereocenters. The van der Waals surface area contributed by atoms with E-state index in [1.165, 1.54) is 0 Å². The Balaban J connectivity index is 1.65. The second-order valence-electron chi connectivity index (χ2n) is 6.00. The smallest absolute Gasteiger partial charge is 0.415 e. The van der Waals surface area contributed by atoms with E-state index in [9.17, 15) is 9.59 Å². The molecule has 1 amide bonds. The molecule has 2 aliphatic rings. The van der Waals surface area contributed by atoms with Gasteiger partial charge in [-0.05, 0) is 44.7 Å². The third-order valence-electron chi connectivity index (χ3n) is 4.56. The molecule has 0 aromatic heterocycles. The first-order chi connectivity index (χ1) is 10.6. The molecule has 1 spiro atoms. The zero-order valence-corrected chi connectivity index (χ0v) is 12.8. The number of amides is 1. The second-order valence-corrected chi connectivity index (χ2v) is 6.00. The number of esters is 1. The van der Waals surface area contributed by atoms with E-state index in [1.807, 2.05) is 37.3 Å². The van der Waals surface area contributed by atoms with Gasteiger partial charge in [0.05, 0.1) is 19.1 Å². The molecule has 3 rings (SSSR count). The number of carbonyl (C=O) groups excluding carboxylic acids is 2. The van der Waals surface area contributed by atoms with Gasteiger partial charge in [-0.2, -0.15) is 0 Å². The van der Waals surface area contributed by atoms with Crippen molar-refractivity contribution in [3.8, 4) is 0 Å². The molecule has 1 saturated heterocycles. The number of hydrogen-bond acceptors (Lipinski definition) is 4. The molecule has 118 valence electrons. The van der Waals surface area contributed by atoms with E-state index >= 15 is 0 Å². The van der Waals surface area contributed by atoms with Crippen molar-refractivity contribution in [2.24, 2.45) is 5.92 Å². The first kappa shape index (κ1) is 14.9. The number of carbonyl (C=O) groups is 2. The lowest BCUT2D eigenvalue weighted by Gasteiger charge is -2.34. The zero-order valence-electron chi connectivity index (χ0n) is 12.8. The molecule has 1 aromatic rings. The average Bonchev–Trinajstić information content (AvgIpc) is 2.85. The quantitative estimate of drug-likeness (QED) is 0.805. The number of hydrogen-bond donors (Lipinski definition) is 0. The molecular formula is C17H21NO4. The average molecular weight is 303 g/mol. The summed E-state index contributed by atoms with van der Waals surface area (Å²) in [6, 6.07) is 9.55. The standard InChI is InChI=1S/C17H21NO4/c1-2-21-15(19)13-8-10-17(11-9-13)12-18(16(20)22-17)14-6-4-3-5-7-14/h3-7,13H,2,8-12H2,1H3/t13-,17-. The van der Waals surface area contributed by atoms with E-state index in [2.05, 4.69) is 0 Å². The maximum absolute atomic E-state index is 12.2. The summed E-state index contributed by atoms with van der Waals surface area (Å²) in [6.45, 7) is 2.79. The van der Waals surface area contributed by atoms with Gasteiger partial charge in [0.1, 0.15) is 5.60 Å².